The first-order valence-electron chi connectivity index (χ1n) is 7.61. The Bertz CT molecular complexity index is 475. The minimum Gasteiger partial charge on any atom is -0.493 e. The van der Waals surface area contributed by atoms with E-state index in [0.717, 1.165) is 44.0 Å². The van der Waals surface area contributed by atoms with Gasteiger partial charge in [0.15, 0.2) is 11.5 Å². The summed E-state index contributed by atoms with van der Waals surface area (Å²) in [6.45, 7) is 3.10. The summed E-state index contributed by atoms with van der Waals surface area (Å²) in [5.41, 5.74) is 2.69. The average molecular weight is 288 g/mol. The van der Waals surface area contributed by atoms with Crippen LogP contribution in [0.4, 0.5) is 0 Å². The van der Waals surface area contributed by atoms with Crippen LogP contribution in [0, 0.1) is 11.3 Å². The van der Waals surface area contributed by atoms with E-state index in [1.54, 1.807) is 14.2 Å². The first-order chi connectivity index (χ1) is 10.3. The van der Waals surface area contributed by atoms with Crippen LogP contribution in [0.1, 0.15) is 43.2 Å². The fraction of sp³-hybridized carbons (Fsp3) is 0.588. The molecule has 114 valence electrons. The predicted molar refractivity (Wildman–Crippen MR) is 82.4 cm³/mol. The van der Waals surface area contributed by atoms with E-state index in [1.807, 2.05) is 0 Å². The molecule has 0 atom stereocenters. The van der Waals surface area contributed by atoms with Crippen LogP contribution >= 0.6 is 0 Å². The van der Waals surface area contributed by atoms with Crippen molar-refractivity contribution in [3.8, 4) is 17.6 Å². The normalized spacial score (nSPS) is 13.8. The number of unbranched alkanes of at least 4 members (excludes halogenated alkanes) is 4. The van der Waals surface area contributed by atoms with Gasteiger partial charge in [0.1, 0.15) is 0 Å². The van der Waals surface area contributed by atoms with Crippen LogP contribution in [0.5, 0.6) is 11.5 Å². The molecule has 1 aromatic carbocycles. The Morgan fingerprint density at radius 2 is 1.57 bits per heavy atom. The van der Waals surface area contributed by atoms with Crippen LogP contribution in [0.15, 0.2) is 12.1 Å². The summed E-state index contributed by atoms with van der Waals surface area (Å²) in [6, 6.07) is 6.40. The molecule has 0 bridgehead atoms. The first kappa shape index (κ1) is 15.7. The molecule has 0 saturated heterocycles. The second kappa shape index (κ2) is 7.90. The average Bonchev–Trinajstić information content (AvgIpc) is 2.90. The van der Waals surface area contributed by atoms with Crippen molar-refractivity contribution in [1.82, 2.24) is 4.90 Å². The third-order valence-corrected chi connectivity index (χ3v) is 4.01. The van der Waals surface area contributed by atoms with Gasteiger partial charge in [0.25, 0.3) is 0 Å². The van der Waals surface area contributed by atoms with Gasteiger partial charge in [0, 0.05) is 19.5 Å². The van der Waals surface area contributed by atoms with Crippen molar-refractivity contribution in [2.45, 2.75) is 45.2 Å². The van der Waals surface area contributed by atoms with Crippen LogP contribution in [0.3, 0.4) is 0 Å². The summed E-state index contributed by atoms with van der Waals surface area (Å²) in [6.07, 6.45) is 5.30. The Morgan fingerprint density at radius 1 is 1.00 bits per heavy atom. The van der Waals surface area contributed by atoms with Gasteiger partial charge in [-0.05, 0) is 42.6 Å². The van der Waals surface area contributed by atoms with Crippen molar-refractivity contribution in [2.24, 2.45) is 0 Å². The predicted octanol–water partition coefficient (Wildman–Crippen LogP) is 3.49. The molecule has 0 N–H and O–H groups in total. The Labute approximate surface area is 127 Å². The van der Waals surface area contributed by atoms with Crippen molar-refractivity contribution < 1.29 is 9.47 Å². The Balaban J connectivity index is 1.81. The van der Waals surface area contributed by atoms with E-state index < -0.39 is 0 Å². The van der Waals surface area contributed by atoms with Gasteiger partial charge in [-0.1, -0.05) is 12.8 Å². The van der Waals surface area contributed by atoms with Crippen LogP contribution < -0.4 is 9.47 Å². The number of fused-ring (bicyclic) bond motifs is 1. The third kappa shape index (κ3) is 4.12. The van der Waals surface area contributed by atoms with E-state index in [2.05, 4.69) is 23.1 Å². The molecule has 1 aliphatic heterocycles. The minimum absolute atomic E-state index is 0.689. The van der Waals surface area contributed by atoms with E-state index in [0.29, 0.717) is 6.42 Å². The van der Waals surface area contributed by atoms with E-state index in [9.17, 15) is 0 Å². The molecule has 0 radical (unpaired) electrons. The molecule has 1 aliphatic rings. The number of nitriles is 1. The summed E-state index contributed by atoms with van der Waals surface area (Å²) in [4.78, 5) is 2.47. The number of ether oxygens (including phenoxy) is 2. The maximum absolute atomic E-state index is 8.50. The monoisotopic (exact) mass is 288 g/mol. The van der Waals surface area contributed by atoms with E-state index >= 15 is 0 Å². The fourth-order valence-electron chi connectivity index (χ4n) is 2.85. The molecule has 0 saturated carbocycles. The molecule has 0 aliphatic carbocycles. The lowest BCUT2D eigenvalue weighted by atomic mass is 10.1. The lowest BCUT2D eigenvalue weighted by Gasteiger charge is -2.14. The van der Waals surface area contributed by atoms with E-state index in [1.165, 1.54) is 24.0 Å². The molecule has 1 aromatic rings. The summed E-state index contributed by atoms with van der Waals surface area (Å²) in [5, 5.41) is 8.50. The van der Waals surface area contributed by atoms with Gasteiger partial charge in [0.05, 0.1) is 20.3 Å². The van der Waals surface area contributed by atoms with Crippen LogP contribution in [-0.4, -0.2) is 25.7 Å². The Kier molecular flexibility index (Phi) is 5.89. The maximum Gasteiger partial charge on any atom is 0.161 e. The zero-order valence-corrected chi connectivity index (χ0v) is 13.0. The van der Waals surface area contributed by atoms with Crippen molar-refractivity contribution in [2.75, 3.05) is 20.8 Å². The number of nitrogens with zero attached hydrogens (tertiary/aromatic N) is 2. The van der Waals surface area contributed by atoms with Crippen molar-refractivity contribution in [3.05, 3.63) is 23.3 Å². The van der Waals surface area contributed by atoms with Crippen LogP contribution in [-0.2, 0) is 13.1 Å². The molecule has 0 aromatic heterocycles. The van der Waals surface area contributed by atoms with Gasteiger partial charge in [-0.2, -0.15) is 5.26 Å². The summed E-state index contributed by atoms with van der Waals surface area (Å²) >= 11 is 0. The molecule has 0 unspecified atom stereocenters. The topological polar surface area (TPSA) is 45.5 Å². The Hall–Kier alpha value is -1.73. The second-order valence-corrected chi connectivity index (χ2v) is 5.51. The van der Waals surface area contributed by atoms with Crippen molar-refractivity contribution >= 4 is 0 Å². The highest BCUT2D eigenvalue weighted by Gasteiger charge is 2.21. The van der Waals surface area contributed by atoms with Crippen molar-refractivity contribution in [3.63, 3.8) is 0 Å². The number of methoxy groups -OCH3 is 2. The SMILES string of the molecule is COc1cc2c(cc1OC)CN(CCCCCCC#N)C2. The molecule has 2 rings (SSSR count). The van der Waals surface area contributed by atoms with Crippen LogP contribution in [0.2, 0.25) is 0 Å². The van der Waals surface area contributed by atoms with Gasteiger partial charge in [-0.25, -0.2) is 0 Å². The fourth-order valence-corrected chi connectivity index (χ4v) is 2.85. The summed E-state index contributed by atoms with van der Waals surface area (Å²) in [5.74, 6) is 1.63. The smallest absolute Gasteiger partial charge is 0.161 e. The highest BCUT2D eigenvalue weighted by atomic mass is 16.5. The zero-order valence-electron chi connectivity index (χ0n) is 13.0. The number of benzene rings is 1. The van der Waals surface area contributed by atoms with E-state index in [4.69, 9.17) is 14.7 Å². The molecule has 4 nitrogen and oxygen atoms in total. The number of hydrogen-bond donors (Lipinski definition) is 0. The lowest BCUT2D eigenvalue weighted by Crippen LogP contribution is -2.17. The third-order valence-electron chi connectivity index (χ3n) is 4.01. The van der Waals surface area contributed by atoms with Gasteiger partial charge in [-0.3, -0.25) is 4.90 Å². The largest absolute Gasteiger partial charge is 0.493 e. The first-order valence-corrected chi connectivity index (χ1v) is 7.61. The standard InChI is InChI=1S/C17H24N2O2/c1-20-16-10-14-12-19(9-7-5-3-4-6-8-18)13-15(14)11-17(16)21-2/h10-11H,3-7,9,12-13H2,1-2H3. The molecule has 21 heavy (non-hydrogen) atoms. The molecule has 4 heteroatoms. The van der Waals surface area contributed by atoms with E-state index in [-0.39, 0.29) is 0 Å². The van der Waals surface area contributed by atoms with Gasteiger partial charge in [0.2, 0.25) is 0 Å². The molecular weight excluding hydrogens is 264 g/mol. The highest BCUT2D eigenvalue weighted by molar-refractivity contribution is 5.48. The molecule has 0 spiro atoms. The number of rotatable bonds is 8. The molecule has 1 heterocycles. The summed E-state index contributed by atoms with van der Waals surface area (Å²) < 4.78 is 10.7. The van der Waals surface area contributed by atoms with Gasteiger partial charge < -0.3 is 9.47 Å². The maximum atomic E-state index is 8.50. The van der Waals surface area contributed by atoms with Crippen LogP contribution in [0.25, 0.3) is 0 Å². The van der Waals surface area contributed by atoms with Crippen molar-refractivity contribution in [1.29, 1.82) is 5.26 Å². The quantitative estimate of drug-likeness (QED) is 0.687. The van der Waals surface area contributed by atoms with Gasteiger partial charge >= 0.3 is 0 Å². The molecular formula is C17H24N2O2. The van der Waals surface area contributed by atoms with Gasteiger partial charge in [-0.15, -0.1) is 0 Å². The number of hydrogen-bond acceptors (Lipinski definition) is 4. The second-order valence-electron chi connectivity index (χ2n) is 5.51. The highest BCUT2D eigenvalue weighted by Crippen LogP contribution is 2.34. The minimum atomic E-state index is 0.689. The Morgan fingerprint density at radius 3 is 2.10 bits per heavy atom. The zero-order chi connectivity index (χ0) is 15.1. The summed E-state index contributed by atoms with van der Waals surface area (Å²) in [7, 11) is 3.36. The molecule has 0 amide bonds. The lowest BCUT2D eigenvalue weighted by molar-refractivity contribution is 0.276. The molecule has 0 fully saturated rings.